The number of carbonyl (C=O) groups excluding carboxylic acids is 1. The summed E-state index contributed by atoms with van der Waals surface area (Å²) < 4.78 is 5.32. The Balaban J connectivity index is 2.35. The lowest BCUT2D eigenvalue weighted by Crippen LogP contribution is -1.95. The molecule has 0 unspecified atom stereocenters. The molecule has 2 rings (SSSR count). The first-order valence-electron chi connectivity index (χ1n) is 5.49. The van der Waals surface area contributed by atoms with Crippen molar-refractivity contribution in [3.8, 4) is 5.75 Å². The number of aromatic amines is 1. The van der Waals surface area contributed by atoms with Gasteiger partial charge in [0.25, 0.3) is 0 Å². The molecule has 0 radical (unpaired) electrons. The molecule has 2 aromatic rings. The molecule has 0 aliphatic heterocycles. The van der Waals surface area contributed by atoms with Crippen LogP contribution in [-0.2, 0) is 6.42 Å². The predicted octanol–water partition coefficient (Wildman–Crippen LogP) is 2.74. The maximum atomic E-state index is 10.8. The van der Waals surface area contributed by atoms with Crippen molar-refractivity contribution < 1.29 is 9.53 Å². The zero-order valence-corrected chi connectivity index (χ0v) is 9.99. The van der Waals surface area contributed by atoms with Crippen molar-refractivity contribution >= 4 is 6.29 Å². The Labute approximate surface area is 100 Å². The monoisotopic (exact) mass is 229 g/mol. The van der Waals surface area contributed by atoms with Crippen LogP contribution in [0.25, 0.3) is 0 Å². The van der Waals surface area contributed by atoms with Gasteiger partial charge in [-0.15, -0.1) is 0 Å². The highest BCUT2D eigenvalue weighted by molar-refractivity contribution is 5.77. The third kappa shape index (κ3) is 2.38. The van der Waals surface area contributed by atoms with Crippen LogP contribution in [0.5, 0.6) is 5.75 Å². The molecule has 1 N–H and O–H groups in total. The fourth-order valence-electron chi connectivity index (χ4n) is 1.92. The van der Waals surface area contributed by atoms with E-state index in [0.29, 0.717) is 12.0 Å². The summed E-state index contributed by atoms with van der Waals surface area (Å²) in [5, 5.41) is 0. The number of carbonyl (C=O) groups is 1. The maximum absolute atomic E-state index is 10.8. The average molecular weight is 229 g/mol. The Kier molecular flexibility index (Phi) is 3.28. The van der Waals surface area contributed by atoms with Crippen LogP contribution in [0.2, 0.25) is 0 Å². The quantitative estimate of drug-likeness (QED) is 0.819. The molecule has 0 aliphatic rings. The fraction of sp³-hybridized carbons (Fsp3) is 0.214. The number of aryl methyl sites for hydroxylation is 1. The van der Waals surface area contributed by atoms with Crippen LogP contribution in [0, 0.1) is 6.92 Å². The molecule has 3 heteroatoms. The molecule has 0 bridgehead atoms. The van der Waals surface area contributed by atoms with Crippen LogP contribution in [0.3, 0.4) is 0 Å². The lowest BCUT2D eigenvalue weighted by molar-refractivity contribution is 0.112. The van der Waals surface area contributed by atoms with Crippen LogP contribution in [0.4, 0.5) is 0 Å². The molecule has 0 aliphatic carbocycles. The van der Waals surface area contributed by atoms with E-state index in [0.717, 1.165) is 23.2 Å². The van der Waals surface area contributed by atoms with Gasteiger partial charge in [0.05, 0.1) is 7.11 Å². The van der Waals surface area contributed by atoms with E-state index in [2.05, 4.69) is 11.1 Å². The summed E-state index contributed by atoms with van der Waals surface area (Å²) in [7, 11) is 1.66. The largest absolute Gasteiger partial charge is 0.496 e. The van der Waals surface area contributed by atoms with Gasteiger partial charge in [-0.3, -0.25) is 4.79 Å². The highest BCUT2D eigenvalue weighted by atomic mass is 16.5. The summed E-state index contributed by atoms with van der Waals surface area (Å²) in [6, 6.07) is 6.05. The third-order valence-corrected chi connectivity index (χ3v) is 2.81. The number of aromatic nitrogens is 1. The van der Waals surface area contributed by atoms with Gasteiger partial charge in [-0.05, 0) is 24.1 Å². The van der Waals surface area contributed by atoms with E-state index in [1.165, 1.54) is 5.56 Å². The topological polar surface area (TPSA) is 42.1 Å². The van der Waals surface area contributed by atoms with Crippen LogP contribution >= 0.6 is 0 Å². The molecule has 88 valence electrons. The number of hydrogen-bond acceptors (Lipinski definition) is 2. The van der Waals surface area contributed by atoms with Gasteiger partial charge >= 0.3 is 0 Å². The third-order valence-electron chi connectivity index (χ3n) is 2.81. The van der Waals surface area contributed by atoms with Crippen LogP contribution in [-0.4, -0.2) is 18.4 Å². The van der Waals surface area contributed by atoms with Gasteiger partial charge in [-0.1, -0.05) is 17.7 Å². The van der Waals surface area contributed by atoms with Crippen molar-refractivity contribution in [3.05, 3.63) is 52.8 Å². The Hall–Kier alpha value is -2.03. The van der Waals surface area contributed by atoms with Gasteiger partial charge < -0.3 is 9.72 Å². The lowest BCUT2D eigenvalue weighted by atomic mass is 10.0. The Morgan fingerprint density at radius 3 is 2.82 bits per heavy atom. The van der Waals surface area contributed by atoms with Crippen molar-refractivity contribution in [1.82, 2.24) is 4.98 Å². The molecule has 0 saturated heterocycles. The Bertz CT molecular complexity index is 529. The summed E-state index contributed by atoms with van der Waals surface area (Å²) in [6.07, 6.45) is 5.13. The van der Waals surface area contributed by atoms with Gasteiger partial charge in [-0.25, -0.2) is 0 Å². The minimum Gasteiger partial charge on any atom is -0.496 e. The average Bonchev–Trinajstić information content (AvgIpc) is 2.77. The second-order valence-corrected chi connectivity index (χ2v) is 4.05. The van der Waals surface area contributed by atoms with Crippen molar-refractivity contribution in [2.45, 2.75) is 13.3 Å². The van der Waals surface area contributed by atoms with E-state index in [-0.39, 0.29) is 0 Å². The number of methoxy groups -OCH3 is 1. The number of ether oxygens (including phenoxy) is 1. The number of hydrogen-bond donors (Lipinski definition) is 1. The molecule has 0 amide bonds. The first-order valence-corrected chi connectivity index (χ1v) is 5.49. The lowest BCUT2D eigenvalue weighted by Gasteiger charge is -2.09. The van der Waals surface area contributed by atoms with E-state index in [9.17, 15) is 4.79 Å². The molecule has 0 atom stereocenters. The van der Waals surface area contributed by atoms with E-state index in [1.807, 2.05) is 25.3 Å². The first-order chi connectivity index (χ1) is 8.24. The summed E-state index contributed by atoms with van der Waals surface area (Å²) >= 11 is 0. The van der Waals surface area contributed by atoms with Crippen molar-refractivity contribution in [2.24, 2.45) is 0 Å². The van der Waals surface area contributed by atoms with Gasteiger partial charge in [0, 0.05) is 24.4 Å². The van der Waals surface area contributed by atoms with E-state index >= 15 is 0 Å². The molecule has 17 heavy (non-hydrogen) atoms. The SMILES string of the molecule is COc1ccc(C)cc1Cc1c[nH]cc1C=O. The maximum Gasteiger partial charge on any atom is 0.151 e. The molecule has 0 spiro atoms. The first kappa shape index (κ1) is 11.5. The van der Waals surface area contributed by atoms with Gasteiger partial charge in [-0.2, -0.15) is 0 Å². The minimum atomic E-state index is 0.697. The van der Waals surface area contributed by atoms with Gasteiger partial charge in [0.2, 0.25) is 0 Å². The number of rotatable bonds is 4. The highest BCUT2D eigenvalue weighted by Gasteiger charge is 2.08. The molecule has 3 nitrogen and oxygen atoms in total. The Morgan fingerprint density at radius 1 is 1.29 bits per heavy atom. The summed E-state index contributed by atoms with van der Waals surface area (Å²) in [4.78, 5) is 13.8. The number of nitrogens with one attached hydrogen (secondary N) is 1. The van der Waals surface area contributed by atoms with Gasteiger partial charge in [0.15, 0.2) is 6.29 Å². The van der Waals surface area contributed by atoms with Crippen LogP contribution in [0.15, 0.2) is 30.6 Å². The summed E-state index contributed by atoms with van der Waals surface area (Å²) in [6.45, 7) is 2.04. The second kappa shape index (κ2) is 4.87. The Morgan fingerprint density at radius 2 is 2.12 bits per heavy atom. The zero-order valence-electron chi connectivity index (χ0n) is 9.99. The van der Waals surface area contributed by atoms with Crippen LogP contribution < -0.4 is 4.74 Å². The molecule has 1 aromatic carbocycles. The second-order valence-electron chi connectivity index (χ2n) is 4.05. The zero-order chi connectivity index (χ0) is 12.3. The summed E-state index contributed by atoms with van der Waals surface area (Å²) in [5.41, 5.74) is 3.97. The van der Waals surface area contributed by atoms with Crippen molar-refractivity contribution in [1.29, 1.82) is 0 Å². The van der Waals surface area contributed by atoms with Crippen molar-refractivity contribution in [3.63, 3.8) is 0 Å². The minimum absolute atomic E-state index is 0.697. The smallest absolute Gasteiger partial charge is 0.151 e. The molecule has 0 fully saturated rings. The highest BCUT2D eigenvalue weighted by Crippen LogP contribution is 2.23. The number of H-pyrrole nitrogens is 1. The number of benzene rings is 1. The molecular formula is C14H15NO2. The summed E-state index contributed by atoms with van der Waals surface area (Å²) in [5.74, 6) is 0.855. The standard InChI is InChI=1S/C14H15NO2/c1-10-3-4-14(17-2)11(5-10)6-12-7-15-8-13(12)9-16/h3-5,7-9,15H,6H2,1-2H3. The normalized spacial score (nSPS) is 10.2. The van der Waals surface area contributed by atoms with Gasteiger partial charge in [0.1, 0.15) is 5.75 Å². The van der Waals surface area contributed by atoms with E-state index in [1.54, 1.807) is 13.3 Å². The van der Waals surface area contributed by atoms with Crippen LogP contribution in [0.1, 0.15) is 27.0 Å². The van der Waals surface area contributed by atoms with E-state index < -0.39 is 0 Å². The number of aldehydes is 1. The van der Waals surface area contributed by atoms with E-state index in [4.69, 9.17) is 4.74 Å². The predicted molar refractivity (Wildman–Crippen MR) is 66.7 cm³/mol. The molecule has 0 saturated carbocycles. The van der Waals surface area contributed by atoms with Crippen molar-refractivity contribution in [2.75, 3.05) is 7.11 Å². The molecule has 1 heterocycles. The fourth-order valence-corrected chi connectivity index (χ4v) is 1.92. The molecule has 1 aromatic heterocycles. The molecular weight excluding hydrogens is 214 g/mol.